The minimum atomic E-state index is -0.942. The molecular formula is C10H7NO2S. The third-order valence-corrected chi connectivity index (χ3v) is 2.69. The lowest BCUT2D eigenvalue weighted by Gasteiger charge is -1.91. The van der Waals surface area contributed by atoms with Gasteiger partial charge in [-0.2, -0.15) is 0 Å². The number of para-hydroxylation sites is 1. The molecule has 0 aromatic heterocycles. The number of carboxylic acids is 1. The maximum absolute atomic E-state index is 10.7. The Morgan fingerprint density at radius 2 is 2.14 bits per heavy atom. The SMILES string of the molecule is O=C(O)C1=CN=c2ccccc2=CS1. The second kappa shape index (κ2) is 3.67. The van der Waals surface area contributed by atoms with Crippen molar-refractivity contribution in [2.45, 2.75) is 0 Å². The minimum absolute atomic E-state index is 0.237. The van der Waals surface area contributed by atoms with Crippen LogP contribution in [-0.2, 0) is 4.79 Å². The summed E-state index contributed by atoms with van der Waals surface area (Å²) >= 11 is 1.18. The van der Waals surface area contributed by atoms with Gasteiger partial charge in [-0.1, -0.05) is 30.0 Å². The minimum Gasteiger partial charge on any atom is -0.477 e. The molecule has 1 aromatic rings. The Morgan fingerprint density at radius 3 is 2.93 bits per heavy atom. The van der Waals surface area contributed by atoms with Gasteiger partial charge in [-0.15, -0.1) is 0 Å². The summed E-state index contributed by atoms with van der Waals surface area (Å²) in [6, 6.07) is 7.54. The van der Waals surface area contributed by atoms with Gasteiger partial charge in [-0.3, -0.25) is 4.99 Å². The topological polar surface area (TPSA) is 49.7 Å². The fourth-order valence-electron chi connectivity index (χ4n) is 1.10. The molecule has 1 aromatic carbocycles. The first-order valence-electron chi connectivity index (χ1n) is 4.00. The number of aliphatic carboxylic acids is 1. The van der Waals surface area contributed by atoms with Gasteiger partial charge in [-0.25, -0.2) is 4.79 Å². The van der Waals surface area contributed by atoms with Crippen LogP contribution in [0.25, 0.3) is 5.41 Å². The van der Waals surface area contributed by atoms with Gasteiger partial charge in [0.15, 0.2) is 0 Å². The largest absolute Gasteiger partial charge is 0.477 e. The fraction of sp³-hybridized carbons (Fsp3) is 0. The van der Waals surface area contributed by atoms with Gasteiger partial charge in [0.1, 0.15) is 4.91 Å². The van der Waals surface area contributed by atoms with Crippen LogP contribution in [0.15, 0.2) is 40.4 Å². The number of nitrogens with zero attached hydrogens (tertiary/aromatic N) is 1. The molecule has 0 radical (unpaired) electrons. The van der Waals surface area contributed by atoms with Crippen LogP contribution in [0.4, 0.5) is 0 Å². The average Bonchev–Trinajstić information content (AvgIpc) is 2.39. The van der Waals surface area contributed by atoms with Crippen molar-refractivity contribution in [1.29, 1.82) is 0 Å². The molecule has 14 heavy (non-hydrogen) atoms. The molecule has 0 fully saturated rings. The van der Waals surface area contributed by atoms with Gasteiger partial charge in [0.25, 0.3) is 0 Å². The van der Waals surface area contributed by atoms with Crippen LogP contribution < -0.4 is 10.6 Å². The summed E-state index contributed by atoms with van der Waals surface area (Å²) in [7, 11) is 0. The molecule has 1 aliphatic rings. The number of hydrogen-bond acceptors (Lipinski definition) is 3. The third kappa shape index (κ3) is 1.70. The van der Waals surface area contributed by atoms with E-state index in [1.165, 1.54) is 18.0 Å². The summed E-state index contributed by atoms with van der Waals surface area (Å²) < 4.78 is 0. The summed E-state index contributed by atoms with van der Waals surface area (Å²) in [5, 5.41) is 12.3. The molecule has 0 amide bonds. The van der Waals surface area contributed by atoms with Crippen LogP contribution in [0.1, 0.15) is 0 Å². The average molecular weight is 205 g/mol. The highest BCUT2D eigenvalue weighted by Gasteiger charge is 2.07. The normalized spacial score (nSPS) is 14.1. The van der Waals surface area contributed by atoms with Crippen LogP contribution >= 0.6 is 11.8 Å². The molecule has 0 atom stereocenters. The smallest absolute Gasteiger partial charge is 0.344 e. The van der Waals surface area contributed by atoms with Gasteiger partial charge in [0, 0.05) is 11.4 Å². The van der Waals surface area contributed by atoms with Gasteiger partial charge < -0.3 is 5.11 Å². The summed E-state index contributed by atoms with van der Waals surface area (Å²) in [6.45, 7) is 0. The highest BCUT2D eigenvalue weighted by Crippen LogP contribution is 2.17. The molecule has 0 spiro atoms. The first kappa shape index (κ1) is 9.02. The number of hydrogen-bond donors (Lipinski definition) is 1. The first-order valence-corrected chi connectivity index (χ1v) is 4.88. The number of thioether (sulfide) groups is 1. The van der Waals surface area contributed by atoms with Crippen LogP contribution in [-0.4, -0.2) is 11.1 Å². The second-order valence-electron chi connectivity index (χ2n) is 2.72. The summed E-state index contributed by atoms with van der Waals surface area (Å²) in [4.78, 5) is 15.0. The number of rotatable bonds is 1. The summed E-state index contributed by atoms with van der Waals surface area (Å²) in [5.41, 5.74) is 0. The molecule has 70 valence electrons. The summed E-state index contributed by atoms with van der Waals surface area (Å²) in [5.74, 6) is -0.942. The Morgan fingerprint density at radius 1 is 1.36 bits per heavy atom. The molecule has 1 heterocycles. The standard InChI is InChI=1S/C10H7NO2S/c12-10(13)9-5-11-8-4-2-1-3-7(8)6-14-9/h1-6H,(H,12,13). The molecule has 0 saturated heterocycles. The predicted molar refractivity (Wildman–Crippen MR) is 55.0 cm³/mol. The number of carboxylic acid groups (broad SMARTS) is 1. The molecule has 2 rings (SSSR count). The van der Waals surface area contributed by atoms with E-state index < -0.39 is 5.97 Å². The Labute approximate surface area is 84.5 Å². The molecule has 0 bridgehead atoms. The number of benzene rings is 1. The number of fused-ring (bicyclic) bond motifs is 1. The number of carbonyl (C=O) groups is 1. The zero-order valence-corrected chi connectivity index (χ0v) is 7.99. The maximum atomic E-state index is 10.7. The van der Waals surface area contributed by atoms with Gasteiger partial charge in [0.2, 0.25) is 0 Å². The van der Waals surface area contributed by atoms with Crippen LogP contribution in [0.3, 0.4) is 0 Å². The van der Waals surface area contributed by atoms with E-state index in [1.54, 1.807) is 5.41 Å². The van der Waals surface area contributed by atoms with Crippen molar-refractivity contribution >= 4 is 23.1 Å². The lowest BCUT2D eigenvalue weighted by molar-refractivity contribution is -0.131. The molecule has 4 heteroatoms. The highest BCUT2D eigenvalue weighted by molar-refractivity contribution is 8.10. The van der Waals surface area contributed by atoms with Crippen molar-refractivity contribution in [3.8, 4) is 0 Å². The maximum Gasteiger partial charge on any atom is 0.344 e. The van der Waals surface area contributed by atoms with Crippen molar-refractivity contribution in [3.63, 3.8) is 0 Å². The molecule has 0 aliphatic carbocycles. The third-order valence-electron chi connectivity index (χ3n) is 1.78. The van der Waals surface area contributed by atoms with Crippen molar-refractivity contribution < 1.29 is 9.90 Å². The highest BCUT2D eigenvalue weighted by atomic mass is 32.2. The zero-order chi connectivity index (χ0) is 9.97. The zero-order valence-electron chi connectivity index (χ0n) is 7.18. The van der Waals surface area contributed by atoms with E-state index >= 15 is 0 Å². The van der Waals surface area contributed by atoms with Crippen LogP contribution in [0.5, 0.6) is 0 Å². The monoisotopic (exact) mass is 205 g/mol. The summed E-state index contributed by atoms with van der Waals surface area (Å²) in [6.07, 6.45) is 1.38. The lowest BCUT2D eigenvalue weighted by Crippen LogP contribution is -2.22. The fourth-order valence-corrected chi connectivity index (χ4v) is 1.76. The first-order chi connectivity index (χ1) is 6.77. The van der Waals surface area contributed by atoms with Crippen LogP contribution in [0.2, 0.25) is 0 Å². The van der Waals surface area contributed by atoms with Gasteiger partial charge in [-0.05, 0) is 11.5 Å². The Bertz CT molecular complexity index is 519. The van der Waals surface area contributed by atoms with Crippen LogP contribution in [0, 0.1) is 0 Å². The Balaban J connectivity index is 2.57. The lowest BCUT2D eigenvalue weighted by atomic mass is 10.3. The van der Waals surface area contributed by atoms with Crippen molar-refractivity contribution in [3.05, 3.63) is 45.9 Å². The Hall–Kier alpha value is -1.55. The molecule has 1 N–H and O–H groups in total. The molecular weight excluding hydrogens is 198 g/mol. The van der Waals surface area contributed by atoms with Gasteiger partial charge >= 0.3 is 5.97 Å². The molecule has 0 unspecified atom stereocenters. The predicted octanol–water partition coefficient (Wildman–Crippen LogP) is 0.717. The molecule has 1 aliphatic heterocycles. The van der Waals surface area contributed by atoms with Crippen molar-refractivity contribution in [2.24, 2.45) is 4.99 Å². The van der Waals surface area contributed by atoms with E-state index in [-0.39, 0.29) is 4.91 Å². The van der Waals surface area contributed by atoms with E-state index in [1.807, 2.05) is 24.3 Å². The molecule has 3 nitrogen and oxygen atoms in total. The Kier molecular flexibility index (Phi) is 2.37. The van der Waals surface area contributed by atoms with E-state index in [9.17, 15) is 4.79 Å². The van der Waals surface area contributed by atoms with E-state index in [2.05, 4.69) is 4.99 Å². The van der Waals surface area contributed by atoms with E-state index in [4.69, 9.17) is 5.11 Å². The van der Waals surface area contributed by atoms with E-state index in [0.29, 0.717) is 0 Å². The van der Waals surface area contributed by atoms with Crippen molar-refractivity contribution in [1.82, 2.24) is 0 Å². The van der Waals surface area contributed by atoms with Crippen molar-refractivity contribution in [2.75, 3.05) is 0 Å². The quantitative estimate of drug-likeness (QED) is 0.734. The van der Waals surface area contributed by atoms with Gasteiger partial charge in [0.05, 0.1) is 5.36 Å². The molecule has 0 saturated carbocycles. The second-order valence-corrected chi connectivity index (χ2v) is 3.63. The van der Waals surface area contributed by atoms with E-state index in [0.717, 1.165) is 10.6 Å².